The van der Waals surface area contributed by atoms with E-state index in [1.54, 1.807) is 11.8 Å². The van der Waals surface area contributed by atoms with Crippen molar-refractivity contribution >= 4 is 11.8 Å². The fourth-order valence-corrected chi connectivity index (χ4v) is 2.04. The molecule has 1 aromatic rings. The highest BCUT2D eigenvalue weighted by atomic mass is 32.2. The lowest BCUT2D eigenvalue weighted by atomic mass is 10.0. The van der Waals surface area contributed by atoms with Gasteiger partial charge in [-0.15, -0.1) is 11.8 Å². The van der Waals surface area contributed by atoms with Crippen LogP contribution >= 0.6 is 11.8 Å². The molecule has 15 heavy (non-hydrogen) atoms. The summed E-state index contributed by atoms with van der Waals surface area (Å²) >= 11 is 1.77. The highest BCUT2D eigenvalue weighted by Crippen LogP contribution is 2.21. The summed E-state index contributed by atoms with van der Waals surface area (Å²) < 4.78 is 0. The third-order valence-electron chi connectivity index (χ3n) is 2.66. The molecule has 0 aromatic heterocycles. The highest BCUT2D eigenvalue weighted by Gasteiger charge is 2.04. The van der Waals surface area contributed by atoms with E-state index in [1.807, 2.05) is 0 Å². The average Bonchev–Trinajstić information content (AvgIpc) is 2.29. The van der Waals surface area contributed by atoms with Crippen LogP contribution in [0.5, 0.6) is 0 Å². The molecule has 0 saturated heterocycles. The summed E-state index contributed by atoms with van der Waals surface area (Å²) in [6.45, 7) is 2.22. The Hall–Kier alpha value is -0.470. The summed E-state index contributed by atoms with van der Waals surface area (Å²) in [5.41, 5.74) is 7.39. The maximum atomic E-state index is 6.12. The summed E-state index contributed by atoms with van der Waals surface area (Å²) in [5.74, 6) is 0. The second kappa shape index (κ2) is 6.91. The molecule has 0 saturated carbocycles. The highest BCUT2D eigenvalue weighted by molar-refractivity contribution is 7.98. The van der Waals surface area contributed by atoms with E-state index >= 15 is 0 Å². The van der Waals surface area contributed by atoms with Gasteiger partial charge in [0, 0.05) is 10.9 Å². The van der Waals surface area contributed by atoms with E-state index in [2.05, 4.69) is 37.4 Å². The first-order valence-electron chi connectivity index (χ1n) is 5.67. The lowest BCUT2D eigenvalue weighted by Crippen LogP contribution is -2.09. The number of hydrogen-bond acceptors (Lipinski definition) is 2. The van der Waals surface area contributed by atoms with Crippen LogP contribution in [-0.2, 0) is 0 Å². The van der Waals surface area contributed by atoms with Crippen molar-refractivity contribution in [2.24, 2.45) is 5.73 Å². The molecule has 2 heteroatoms. The van der Waals surface area contributed by atoms with Crippen LogP contribution in [0.4, 0.5) is 0 Å². The normalized spacial score (nSPS) is 12.7. The fourth-order valence-electron chi connectivity index (χ4n) is 1.63. The molecule has 1 rings (SSSR count). The van der Waals surface area contributed by atoms with Gasteiger partial charge >= 0.3 is 0 Å². The van der Waals surface area contributed by atoms with Crippen LogP contribution in [0.1, 0.15) is 44.2 Å². The summed E-state index contributed by atoms with van der Waals surface area (Å²) in [5, 5.41) is 0. The molecule has 0 aliphatic rings. The topological polar surface area (TPSA) is 26.0 Å². The van der Waals surface area contributed by atoms with Crippen LogP contribution in [0.15, 0.2) is 29.2 Å². The van der Waals surface area contributed by atoms with E-state index in [-0.39, 0.29) is 6.04 Å². The van der Waals surface area contributed by atoms with Gasteiger partial charge in [-0.1, -0.05) is 38.3 Å². The number of nitrogens with two attached hydrogens (primary N) is 1. The third-order valence-corrected chi connectivity index (χ3v) is 3.41. The van der Waals surface area contributed by atoms with Gasteiger partial charge in [0.15, 0.2) is 0 Å². The molecule has 0 unspecified atom stereocenters. The molecule has 0 aliphatic carbocycles. The van der Waals surface area contributed by atoms with Crippen molar-refractivity contribution in [3.8, 4) is 0 Å². The minimum absolute atomic E-state index is 0.215. The zero-order valence-electron chi connectivity index (χ0n) is 9.70. The zero-order valence-corrected chi connectivity index (χ0v) is 10.5. The van der Waals surface area contributed by atoms with Gasteiger partial charge in [-0.25, -0.2) is 0 Å². The van der Waals surface area contributed by atoms with Crippen molar-refractivity contribution in [2.75, 3.05) is 6.26 Å². The van der Waals surface area contributed by atoms with Crippen LogP contribution in [0.2, 0.25) is 0 Å². The standard InChI is InChI=1S/C13H21NS/c1-3-4-5-6-13(14)11-7-9-12(15-2)10-8-11/h7-10,13H,3-6,14H2,1-2H3/t13-/m1/s1. The molecule has 84 valence electrons. The fraction of sp³-hybridized carbons (Fsp3) is 0.538. The third kappa shape index (κ3) is 4.27. The van der Waals surface area contributed by atoms with Crippen molar-refractivity contribution in [1.82, 2.24) is 0 Å². The van der Waals surface area contributed by atoms with Crippen molar-refractivity contribution in [3.05, 3.63) is 29.8 Å². The number of unbranched alkanes of at least 4 members (excludes halogenated alkanes) is 2. The second-order valence-electron chi connectivity index (χ2n) is 3.88. The molecule has 1 aromatic carbocycles. The van der Waals surface area contributed by atoms with Gasteiger partial charge in [-0.2, -0.15) is 0 Å². The maximum absolute atomic E-state index is 6.12. The first-order valence-corrected chi connectivity index (χ1v) is 6.90. The minimum atomic E-state index is 0.215. The maximum Gasteiger partial charge on any atom is 0.0294 e. The van der Waals surface area contributed by atoms with E-state index in [1.165, 1.54) is 29.7 Å². The second-order valence-corrected chi connectivity index (χ2v) is 4.76. The Labute approximate surface area is 97.4 Å². The zero-order chi connectivity index (χ0) is 11.1. The van der Waals surface area contributed by atoms with E-state index < -0.39 is 0 Å². The molecular weight excluding hydrogens is 202 g/mol. The van der Waals surface area contributed by atoms with Crippen LogP contribution in [0, 0.1) is 0 Å². The summed E-state index contributed by atoms with van der Waals surface area (Å²) in [6, 6.07) is 8.83. The number of rotatable bonds is 6. The van der Waals surface area contributed by atoms with Gasteiger partial charge in [-0.3, -0.25) is 0 Å². The predicted octanol–water partition coefficient (Wildman–Crippen LogP) is 3.99. The van der Waals surface area contributed by atoms with Crippen LogP contribution in [-0.4, -0.2) is 6.26 Å². The van der Waals surface area contributed by atoms with Gasteiger partial charge < -0.3 is 5.73 Å². The molecule has 0 amide bonds. The Morgan fingerprint density at radius 3 is 2.40 bits per heavy atom. The summed E-state index contributed by atoms with van der Waals surface area (Å²) in [6.07, 6.45) is 6.99. The Kier molecular flexibility index (Phi) is 5.81. The van der Waals surface area contributed by atoms with Gasteiger partial charge in [0.05, 0.1) is 0 Å². The molecular formula is C13H21NS. The molecule has 0 fully saturated rings. The van der Waals surface area contributed by atoms with E-state index in [9.17, 15) is 0 Å². The SMILES string of the molecule is CCCCC[C@@H](N)c1ccc(SC)cc1. The number of benzene rings is 1. The summed E-state index contributed by atoms with van der Waals surface area (Å²) in [4.78, 5) is 1.31. The van der Waals surface area contributed by atoms with E-state index in [0.29, 0.717) is 0 Å². The Morgan fingerprint density at radius 1 is 1.20 bits per heavy atom. The molecule has 0 bridgehead atoms. The summed E-state index contributed by atoms with van der Waals surface area (Å²) in [7, 11) is 0. The van der Waals surface area contributed by atoms with Crippen LogP contribution in [0.25, 0.3) is 0 Å². The van der Waals surface area contributed by atoms with Crippen molar-refractivity contribution in [1.29, 1.82) is 0 Å². The van der Waals surface area contributed by atoms with Gasteiger partial charge in [0.1, 0.15) is 0 Å². The van der Waals surface area contributed by atoms with Crippen LogP contribution < -0.4 is 5.73 Å². The predicted molar refractivity (Wildman–Crippen MR) is 69.3 cm³/mol. The van der Waals surface area contributed by atoms with Gasteiger partial charge in [0.25, 0.3) is 0 Å². The number of hydrogen-bond donors (Lipinski definition) is 1. The van der Waals surface area contributed by atoms with E-state index in [0.717, 1.165) is 6.42 Å². The molecule has 0 spiro atoms. The van der Waals surface area contributed by atoms with Crippen molar-refractivity contribution in [3.63, 3.8) is 0 Å². The monoisotopic (exact) mass is 223 g/mol. The smallest absolute Gasteiger partial charge is 0.0294 e. The molecule has 0 aliphatic heterocycles. The quantitative estimate of drug-likeness (QED) is 0.583. The van der Waals surface area contributed by atoms with Crippen molar-refractivity contribution < 1.29 is 0 Å². The number of thioether (sulfide) groups is 1. The van der Waals surface area contributed by atoms with Crippen molar-refractivity contribution in [2.45, 2.75) is 43.5 Å². The largest absolute Gasteiger partial charge is 0.324 e. The molecule has 1 atom stereocenters. The lowest BCUT2D eigenvalue weighted by molar-refractivity contribution is 0.581. The molecule has 2 N–H and O–H groups in total. The molecule has 0 radical (unpaired) electrons. The van der Waals surface area contributed by atoms with Gasteiger partial charge in [0.2, 0.25) is 0 Å². The Bertz CT molecular complexity index is 268. The average molecular weight is 223 g/mol. The molecule has 1 nitrogen and oxygen atoms in total. The van der Waals surface area contributed by atoms with Gasteiger partial charge in [-0.05, 0) is 30.4 Å². The minimum Gasteiger partial charge on any atom is -0.324 e. The lowest BCUT2D eigenvalue weighted by Gasteiger charge is -2.11. The Morgan fingerprint density at radius 2 is 1.87 bits per heavy atom. The van der Waals surface area contributed by atoms with E-state index in [4.69, 9.17) is 5.73 Å². The molecule has 0 heterocycles. The first-order chi connectivity index (χ1) is 7.27. The van der Waals surface area contributed by atoms with Crippen LogP contribution in [0.3, 0.4) is 0 Å². The Balaban J connectivity index is 2.46. The first kappa shape index (κ1) is 12.6.